The van der Waals surface area contributed by atoms with E-state index in [0.29, 0.717) is 11.1 Å². The molecule has 0 aliphatic carbocycles. The number of nitrogens with zero attached hydrogens (tertiary/aromatic N) is 2. The van der Waals surface area contributed by atoms with E-state index in [2.05, 4.69) is 4.99 Å². The molecule has 0 bridgehead atoms. The van der Waals surface area contributed by atoms with Crippen LogP contribution in [0.3, 0.4) is 0 Å². The number of benzene rings is 2. The first-order valence-electron chi connectivity index (χ1n) is 7.55. The molecule has 6 nitrogen and oxygen atoms in total. The van der Waals surface area contributed by atoms with Gasteiger partial charge in [0.15, 0.2) is 0 Å². The average Bonchev–Trinajstić information content (AvgIpc) is 2.90. The van der Waals surface area contributed by atoms with Crippen LogP contribution in [0.4, 0.5) is 0 Å². The number of nitro groups is 1. The first-order valence-corrected chi connectivity index (χ1v) is 7.55. The van der Waals surface area contributed by atoms with Crippen molar-refractivity contribution in [2.75, 3.05) is 6.54 Å². The van der Waals surface area contributed by atoms with E-state index >= 15 is 0 Å². The van der Waals surface area contributed by atoms with Gasteiger partial charge in [0, 0.05) is 10.5 Å². The topological polar surface area (TPSA) is 81.8 Å². The van der Waals surface area contributed by atoms with Crippen LogP contribution in [0.1, 0.15) is 24.0 Å². The highest BCUT2D eigenvalue weighted by atomic mass is 16.6. The Morgan fingerprint density at radius 1 is 1.12 bits per heavy atom. The van der Waals surface area contributed by atoms with E-state index in [4.69, 9.17) is 4.74 Å². The summed E-state index contributed by atoms with van der Waals surface area (Å²) >= 11 is 0. The Labute approximate surface area is 138 Å². The lowest BCUT2D eigenvalue weighted by molar-refractivity contribution is -0.487. The molecule has 2 aromatic carbocycles. The molecule has 0 saturated heterocycles. The summed E-state index contributed by atoms with van der Waals surface area (Å²) in [5, 5.41) is 11.3. The van der Waals surface area contributed by atoms with Crippen molar-refractivity contribution in [2.24, 2.45) is 4.99 Å². The summed E-state index contributed by atoms with van der Waals surface area (Å²) < 4.78 is 5.62. The van der Waals surface area contributed by atoms with E-state index in [1.165, 1.54) is 0 Å². The highest BCUT2D eigenvalue weighted by molar-refractivity contribution is 6.36. The van der Waals surface area contributed by atoms with Crippen LogP contribution in [-0.2, 0) is 15.3 Å². The summed E-state index contributed by atoms with van der Waals surface area (Å²) in [4.78, 5) is 27.4. The lowest BCUT2D eigenvalue weighted by Crippen LogP contribution is -2.37. The Balaban J connectivity index is 2.19. The zero-order chi connectivity index (χ0) is 17.2. The van der Waals surface area contributed by atoms with Gasteiger partial charge >= 0.3 is 5.97 Å². The van der Waals surface area contributed by atoms with Gasteiger partial charge in [0.2, 0.25) is 12.3 Å². The number of ether oxygens (including phenoxy) is 1. The number of cyclic esters (lactones) is 1. The predicted molar refractivity (Wildman–Crippen MR) is 88.4 cm³/mol. The van der Waals surface area contributed by atoms with Crippen molar-refractivity contribution in [1.82, 2.24) is 0 Å². The second-order valence-electron chi connectivity index (χ2n) is 5.63. The SMILES string of the molecule is CC1=NC(c2ccccc2)(C(C[N+](=O)[O-])c2ccccc2)OC1=O. The minimum absolute atomic E-state index is 0.211. The highest BCUT2D eigenvalue weighted by Gasteiger charge is 2.51. The lowest BCUT2D eigenvalue weighted by atomic mass is 9.83. The third-order valence-electron chi connectivity index (χ3n) is 4.07. The van der Waals surface area contributed by atoms with Crippen molar-refractivity contribution >= 4 is 11.7 Å². The standard InChI is InChI=1S/C18H16N2O4/c1-13-17(21)24-18(19-13,15-10-6-3-7-11-15)16(12-20(22)23)14-8-4-2-5-9-14/h2-11,16H,12H2,1H3. The maximum absolute atomic E-state index is 12.1. The largest absolute Gasteiger partial charge is 0.427 e. The minimum Gasteiger partial charge on any atom is -0.427 e. The molecular formula is C18H16N2O4. The summed E-state index contributed by atoms with van der Waals surface area (Å²) in [7, 11) is 0. The fraction of sp³-hybridized carbons (Fsp3) is 0.222. The number of hydrogen-bond acceptors (Lipinski definition) is 5. The van der Waals surface area contributed by atoms with Crippen LogP contribution in [0, 0.1) is 10.1 Å². The van der Waals surface area contributed by atoms with Gasteiger partial charge in [-0.1, -0.05) is 60.7 Å². The van der Waals surface area contributed by atoms with Gasteiger partial charge in [0.05, 0.1) is 0 Å². The van der Waals surface area contributed by atoms with Gasteiger partial charge in [-0.3, -0.25) is 10.1 Å². The van der Waals surface area contributed by atoms with E-state index in [1.807, 2.05) is 12.1 Å². The molecule has 6 heteroatoms. The molecule has 0 aromatic heterocycles. The number of esters is 1. The molecule has 0 amide bonds. The van der Waals surface area contributed by atoms with Crippen LogP contribution in [0.25, 0.3) is 0 Å². The molecule has 0 N–H and O–H groups in total. The van der Waals surface area contributed by atoms with Gasteiger partial charge < -0.3 is 4.74 Å². The molecule has 3 rings (SSSR count). The third-order valence-corrected chi connectivity index (χ3v) is 4.07. The van der Waals surface area contributed by atoms with Gasteiger partial charge in [-0.15, -0.1) is 0 Å². The van der Waals surface area contributed by atoms with E-state index < -0.39 is 29.1 Å². The second kappa shape index (κ2) is 6.23. The summed E-state index contributed by atoms with van der Waals surface area (Å²) in [6.07, 6.45) is 0. The Hall–Kier alpha value is -3.02. The van der Waals surface area contributed by atoms with E-state index in [1.54, 1.807) is 55.5 Å². The third kappa shape index (κ3) is 2.78. The minimum atomic E-state index is -1.42. The van der Waals surface area contributed by atoms with Crippen LogP contribution in [0.15, 0.2) is 65.7 Å². The smallest absolute Gasteiger partial charge is 0.354 e. The zero-order valence-electron chi connectivity index (χ0n) is 13.1. The van der Waals surface area contributed by atoms with Crippen molar-refractivity contribution in [3.63, 3.8) is 0 Å². The summed E-state index contributed by atoms with van der Waals surface area (Å²) in [5.74, 6) is -1.28. The predicted octanol–water partition coefficient (Wildman–Crippen LogP) is 2.92. The molecule has 0 spiro atoms. The number of hydrogen-bond donors (Lipinski definition) is 0. The molecule has 0 fully saturated rings. The highest BCUT2D eigenvalue weighted by Crippen LogP contribution is 2.44. The van der Waals surface area contributed by atoms with Gasteiger partial charge in [-0.25, -0.2) is 9.79 Å². The zero-order valence-corrected chi connectivity index (χ0v) is 13.1. The lowest BCUT2D eigenvalue weighted by Gasteiger charge is -2.32. The summed E-state index contributed by atoms with van der Waals surface area (Å²) in [6.45, 7) is 1.16. The number of carbonyl (C=O) groups is 1. The molecule has 2 atom stereocenters. The molecule has 0 radical (unpaired) electrons. The number of aliphatic imine (C=N–C) groups is 1. The molecule has 2 aromatic rings. The van der Waals surface area contributed by atoms with Crippen molar-refractivity contribution in [1.29, 1.82) is 0 Å². The first-order chi connectivity index (χ1) is 11.5. The Bertz CT molecular complexity index is 789. The van der Waals surface area contributed by atoms with Crippen molar-refractivity contribution in [3.05, 3.63) is 81.9 Å². The van der Waals surface area contributed by atoms with Crippen LogP contribution >= 0.6 is 0 Å². The number of rotatable bonds is 5. The fourth-order valence-corrected chi connectivity index (χ4v) is 2.97. The fourth-order valence-electron chi connectivity index (χ4n) is 2.97. The molecule has 2 unspecified atom stereocenters. The van der Waals surface area contributed by atoms with Crippen LogP contribution < -0.4 is 0 Å². The summed E-state index contributed by atoms with van der Waals surface area (Å²) in [6, 6.07) is 18.0. The number of carbonyl (C=O) groups excluding carboxylic acids is 1. The van der Waals surface area contributed by atoms with Crippen molar-refractivity contribution < 1.29 is 14.5 Å². The Morgan fingerprint density at radius 2 is 1.71 bits per heavy atom. The normalized spacial score (nSPS) is 21.0. The maximum Gasteiger partial charge on any atom is 0.354 e. The monoisotopic (exact) mass is 324 g/mol. The molecular weight excluding hydrogens is 308 g/mol. The molecule has 0 saturated carbocycles. The first kappa shape index (κ1) is 15.9. The maximum atomic E-state index is 12.1. The van der Waals surface area contributed by atoms with Crippen LogP contribution in [-0.4, -0.2) is 23.1 Å². The van der Waals surface area contributed by atoms with Gasteiger partial charge in [-0.2, -0.15) is 0 Å². The Morgan fingerprint density at radius 3 is 2.21 bits per heavy atom. The van der Waals surface area contributed by atoms with E-state index in [0.717, 1.165) is 0 Å². The van der Waals surface area contributed by atoms with Crippen LogP contribution in [0.2, 0.25) is 0 Å². The van der Waals surface area contributed by atoms with E-state index in [9.17, 15) is 14.9 Å². The Kier molecular flexibility index (Phi) is 4.12. The second-order valence-corrected chi connectivity index (χ2v) is 5.63. The quantitative estimate of drug-likeness (QED) is 0.481. The van der Waals surface area contributed by atoms with E-state index in [-0.39, 0.29) is 5.71 Å². The molecule has 24 heavy (non-hydrogen) atoms. The molecule has 1 aliphatic rings. The molecule has 122 valence electrons. The van der Waals surface area contributed by atoms with Crippen LogP contribution in [0.5, 0.6) is 0 Å². The molecule has 1 aliphatic heterocycles. The van der Waals surface area contributed by atoms with Gasteiger partial charge in [-0.05, 0) is 12.5 Å². The van der Waals surface area contributed by atoms with Gasteiger partial charge in [0.25, 0.3) is 0 Å². The van der Waals surface area contributed by atoms with Crippen molar-refractivity contribution in [3.8, 4) is 0 Å². The average molecular weight is 324 g/mol. The summed E-state index contributed by atoms with van der Waals surface area (Å²) in [5.41, 5.74) is 0.106. The van der Waals surface area contributed by atoms with Gasteiger partial charge in [0.1, 0.15) is 11.6 Å². The molecule has 1 heterocycles. The van der Waals surface area contributed by atoms with Crippen molar-refractivity contribution in [2.45, 2.75) is 18.6 Å².